The summed E-state index contributed by atoms with van der Waals surface area (Å²) in [5.74, 6) is 0. The molecule has 38 heavy (non-hydrogen) atoms. The van der Waals surface area contributed by atoms with Crippen molar-refractivity contribution >= 4 is 38.8 Å². The van der Waals surface area contributed by atoms with Gasteiger partial charge in [0.1, 0.15) is 0 Å². The second-order valence-corrected chi connectivity index (χ2v) is 10.4. The van der Waals surface area contributed by atoms with Gasteiger partial charge in [-0.3, -0.25) is 4.40 Å². The molecule has 0 aliphatic heterocycles. The van der Waals surface area contributed by atoms with E-state index in [1.165, 1.54) is 10.8 Å². The number of benzene rings is 4. The van der Waals surface area contributed by atoms with Crippen LogP contribution in [0, 0.1) is 6.92 Å². The van der Waals surface area contributed by atoms with Gasteiger partial charge < -0.3 is 10.2 Å². The first kappa shape index (κ1) is 23.9. The topological polar surface area (TPSA) is 49.6 Å². The fourth-order valence-electron chi connectivity index (χ4n) is 4.73. The summed E-state index contributed by atoms with van der Waals surface area (Å²) < 4.78 is 2.16. The first-order chi connectivity index (χ1) is 18.6. The lowest BCUT2D eigenvalue weighted by atomic mass is 10.1. The van der Waals surface area contributed by atoms with E-state index in [0.29, 0.717) is 13.1 Å². The van der Waals surface area contributed by atoms with Gasteiger partial charge in [-0.05, 0) is 47.0 Å². The van der Waals surface area contributed by atoms with E-state index < -0.39 is 0 Å². The predicted molar refractivity (Wildman–Crippen MR) is 157 cm³/mol. The second kappa shape index (κ2) is 10.5. The van der Waals surface area contributed by atoms with Crippen molar-refractivity contribution in [2.75, 3.05) is 11.9 Å². The second-order valence-electron chi connectivity index (χ2n) is 9.52. The Morgan fingerprint density at radius 3 is 2.58 bits per heavy atom. The Hall–Kier alpha value is -4.42. The van der Waals surface area contributed by atoms with E-state index in [2.05, 4.69) is 75.9 Å². The number of imidazole rings is 1. The maximum atomic E-state index is 13.3. The molecule has 6 heteroatoms. The van der Waals surface area contributed by atoms with Gasteiger partial charge in [0, 0.05) is 48.0 Å². The van der Waals surface area contributed by atoms with Gasteiger partial charge in [0.2, 0.25) is 0 Å². The number of nitrogens with zero attached hydrogens (tertiary/aromatic N) is 3. The van der Waals surface area contributed by atoms with Crippen LogP contribution < -0.4 is 5.32 Å². The largest absolute Gasteiger partial charge is 0.322 e. The first-order valence-electron chi connectivity index (χ1n) is 12.7. The summed E-state index contributed by atoms with van der Waals surface area (Å²) in [5, 5.41) is 7.65. The van der Waals surface area contributed by atoms with Crippen LogP contribution in [-0.2, 0) is 13.0 Å². The van der Waals surface area contributed by atoms with Gasteiger partial charge in [0.25, 0.3) is 0 Å². The number of thiazole rings is 1. The Balaban J connectivity index is 1.23. The predicted octanol–water partition coefficient (Wildman–Crippen LogP) is 7.80. The molecule has 0 unspecified atom stereocenters. The summed E-state index contributed by atoms with van der Waals surface area (Å²) in [6.45, 7) is 3.15. The van der Waals surface area contributed by atoms with Crippen LogP contribution in [0.1, 0.15) is 16.8 Å². The van der Waals surface area contributed by atoms with E-state index in [1.807, 2.05) is 54.3 Å². The van der Waals surface area contributed by atoms with Gasteiger partial charge in [0.15, 0.2) is 4.96 Å². The zero-order valence-corrected chi connectivity index (χ0v) is 22.0. The molecule has 0 bridgehead atoms. The normalized spacial score (nSPS) is 11.2. The minimum absolute atomic E-state index is 0.103. The van der Waals surface area contributed by atoms with Crippen molar-refractivity contribution in [1.82, 2.24) is 14.3 Å². The highest BCUT2D eigenvalue weighted by Gasteiger charge is 2.17. The number of urea groups is 1. The zero-order valence-electron chi connectivity index (χ0n) is 21.2. The third kappa shape index (κ3) is 5.17. The molecule has 2 amide bonds. The number of carbonyl (C=O) groups is 1. The Morgan fingerprint density at radius 2 is 1.74 bits per heavy atom. The van der Waals surface area contributed by atoms with Crippen LogP contribution in [0.3, 0.4) is 0 Å². The van der Waals surface area contributed by atoms with E-state index in [4.69, 9.17) is 4.98 Å². The number of rotatable bonds is 7. The number of hydrogen-bond donors (Lipinski definition) is 1. The molecule has 5 nitrogen and oxygen atoms in total. The fraction of sp³-hybridized carbons (Fsp3) is 0.125. The van der Waals surface area contributed by atoms with Crippen molar-refractivity contribution in [2.24, 2.45) is 0 Å². The van der Waals surface area contributed by atoms with E-state index in [1.54, 1.807) is 11.3 Å². The van der Waals surface area contributed by atoms with E-state index in [9.17, 15) is 4.79 Å². The highest BCUT2D eigenvalue weighted by molar-refractivity contribution is 7.15. The number of carbonyl (C=O) groups excluding carboxylic acids is 1. The smallest absolute Gasteiger partial charge is 0.320 e. The van der Waals surface area contributed by atoms with E-state index >= 15 is 0 Å². The van der Waals surface area contributed by atoms with Gasteiger partial charge in [0.05, 0.1) is 5.69 Å². The van der Waals surface area contributed by atoms with Crippen molar-refractivity contribution in [3.8, 4) is 11.3 Å². The lowest BCUT2D eigenvalue weighted by Crippen LogP contribution is -2.36. The molecular formula is C32H28N4OS. The van der Waals surface area contributed by atoms with Gasteiger partial charge in [-0.2, -0.15) is 0 Å². The number of aryl methyl sites for hydroxylation is 1. The summed E-state index contributed by atoms with van der Waals surface area (Å²) in [6, 6.07) is 32.8. The van der Waals surface area contributed by atoms with Crippen LogP contribution >= 0.6 is 11.3 Å². The highest BCUT2D eigenvalue weighted by Crippen LogP contribution is 2.27. The van der Waals surface area contributed by atoms with Gasteiger partial charge in [-0.25, -0.2) is 9.78 Å². The lowest BCUT2D eigenvalue weighted by Gasteiger charge is -2.23. The number of hydrogen-bond acceptors (Lipinski definition) is 3. The molecule has 6 aromatic rings. The number of amides is 2. The monoisotopic (exact) mass is 516 g/mol. The summed E-state index contributed by atoms with van der Waals surface area (Å²) in [5.41, 5.74) is 6.23. The maximum Gasteiger partial charge on any atom is 0.322 e. The SMILES string of the molecule is Cc1cccc(NC(=O)N(CCc2csc3nc(-c4ccc5ccccc5c4)cn23)Cc2ccccc2)c1. The molecule has 4 aromatic carbocycles. The summed E-state index contributed by atoms with van der Waals surface area (Å²) >= 11 is 1.63. The van der Waals surface area contributed by atoms with Crippen molar-refractivity contribution < 1.29 is 4.79 Å². The highest BCUT2D eigenvalue weighted by atomic mass is 32.1. The molecule has 0 aliphatic carbocycles. The summed E-state index contributed by atoms with van der Waals surface area (Å²) in [6.07, 6.45) is 2.83. The molecule has 0 aliphatic rings. The molecule has 188 valence electrons. The lowest BCUT2D eigenvalue weighted by molar-refractivity contribution is 0.209. The molecule has 0 spiro atoms. The Bertz CT molecular complexity index is 1720. The van der Waals surface area contributed by atoms with Gasteiger partial charge in [-0.15, -0.1) is 11.3 Å². The van der Waals surface area contributed by atoms with Crippen LogP contribution in [0.4, 0.5) is 10.5 Å². The standard InChI is InChI=1S/C32H28N4OS/c1-23-8-7-13-28(18-23)33-31(37)35(20-24-9-3-2-4-10-24)17-16-29-22-38-32-34-30(21-36(29)32)27-15-14-25-11-5-6-12-26(25)19-27/h2-15,18-19,21-22H,16-17,20H2,1H3,(H,33,37). The quantitative estimate of drug-likeness (QED) is 0.235. The van der Waals surface area contributed by atoms with Crippen LogP contribution in [0.15, 0.2) is 109 Å². The number of aromatic nitrogens is 2. The molecule has 2 heterocycles. The third-order valence-electron chi connectivity index (χ3n) is 6.74. The van der Waals surface area contributed by atoms with E-state index in [0.717, 1.165) is 45.1 Å². The third-order valence-corrected chi connectivity index (χ3v) is 7.63. The molecule has 1 N–H and O–H groups in total. The molecule has 0 radical (unpaired) electrons. The first-order valence-corrected chi connectivity index (χ1v) is 13.6. The Morgan fingerprint density at radius 1 is 0.921 bits per heavy atom. The minimum atomic E-state index is -0.103. The summed E-state index contributed by atoms with van der Waals surface area (Å²) in [7, 11) is 0. The van der Waals surface area contributed by atoms with Crippen molar-refractivity contribution in [2.45, 2.75) is 19.9 Å². The van der Waals surface area contributed by atoms with Crippen molar-refractivity contribution in [1.29, 1.82) is 0 Å². The van der Waals surface area contributed by atoms with Crippen LogP contribution in [-0.4, -0.2) is 26.9 Å². The molecule has 0 atom stereocenters. The zero-order chi connectivity index (χ0) is 25.9. The molecule has 6 rings (SSSR count). The molecule has 0 saturated carbocycles. The molecule has 0 fully saturated rings. The van der Waals surface area contributed by atoms with Crippen molar-refractivity contribution in [3.63, 3.8) is 0 Å². The molecule has 0 saturated heterocycles. The summed E-state index contributed by atoms with van der Waals surface area (Å²) in [4.78, 5) is 21.1. The minimum Gasteiger partial charge on any atom is -0.320 e. The van der Waals surface area contributed by atoms with Crippen LogP contribution in [0.5, 0.6) is 0 Å². The molecular weight excluding hydrogens is 488 g/mol. The van der Waals surface area contributed by atoms with Crippen molar-refractivity contribution in [3.05, 3.63) is 125 Å². The van der Waals surface area contributed by atoms with Crippen LogP contribution in [0.25, 0.3) is 27.0 Å². The number of fused-ring (bicyclic) bond motifs is 2. The van der Waals surface area contributed by atoms with Gasteiger partial charge >= 0.3 is 6.03 Å². The number of nitrogens with one attached hydrogen (secondary N) is 1. The average molecular weight is 517 g/mol. The van der Waals surface area contributed by atoms with Crippen LogP contribution in [0.2, 0.25) is 0 Å². The fourth-order valence-corrected chi connectivity index (χ4v) is 5.64. The number of anilines is 1. The average Bonchev–Trinajstić information content (AvgIpc) is 3.53. The Labute approximate surface area is 226 Å². The maximum absolute atomic E-state index is 13.3. The van der Waals surface area contributed by atoms with E-state index in [-0.39, 0.29) is 6.03 Å². The Kier molecular flexibility index (Phi) is 6.63. The molecule has 2 aromatic heterocycles. The van der Waals surface area contributed by atoms with Gasteiger partial charge in [-0.1, -0.05) is 78.9 Å².